The molecule has 11 heteroatoms. The Bertz CT molecular complexity index is 1330. The minimum absolute atomic E-state index is 0.0736. The van der Waals surface area contributed by atoms with Gasteiger partial charge in [-0.3, -0.25) is 24.4 Å². The summed E-state index contributed by atoms with van der Waals surface area (Å²) in [7, 11) is 0. The maximum Gasteiger partial charge on any atom is 0.258 e. The Balaban J connectivity index is 1.72. The molecule has 8 atom stereocenters. The van der Waals surface area contributed by atoms with Gasteiger partial charge in [0, 0.05) is 12.5 Å². The van der Waals surface area contributed by atoms with Crippen molar-refractivity contribution in [2.75, 3.05) is 6.54 Å². The first kappa shape index (κ1) is 31.8. The summed E-state index contributed by atoms with van der Waals surface area (Å²) < 4.78 is 5.95. The number of aromatic nitrogens is 1. The molecule has 3 aliphatic rings. The lowest BCUT2D eigenvalue weighted by Crippen LogP contribution is -2.62. The number of allylic oxidation sites excluding steroid dienone is 1. The molecule has 3 heterocycles. The van der Waals surface area contributed by atoms with Crippen LogP contribution in [0.2, 0.25) is 0 Å². The zero-order valence-electron chi connectivity index (χ0n) is 25.3. The molecule has 42 heavy (non-hydrogen) atoms. The van der Waals surface area contributed by atoms with Gasteiger partial charge in [0.25, 0.3) is 5.91 Å². The van der Waals surface area contributed by atoms with Crippen molar-refractivity contribution in [2.24, 2.45) is 17.3 Å². The van der Waals surface area contributed by atoms with Crippen LogP contribution >= 0.6 is 0 Å². The Labute approximate surface area is 247 Å². The van der Waals surface area contributed by atoms with Gasteiger partial charge in [-0.25, -0.2) is 5.43 Å². The highest BCUT2D eigenvalue weighted by Gasteiger charge is 2.39. The molecule has 1 fully saturated rings. The van der Waals surface area contributed by atoms with Crippen LogP contribution in [0.3, 0.4) is 0 Å². The monoisotopic (exact) mass is 583 g/mol. The third kappa shape index (κ3) is 6.91. The predicted octanol–water partition coefficient (Wildman–Crippen LogP) is 0.157. The first-order chi connectivity index (χ1) is 19.8. The van der Waals surface area contributed by atoms with E-state index in [4.69, 9.17) is 9.72 Å². The van der Waals surface area contributed by atoms with Crippen LogP contribution in [-0.4, -0.2) is 75.0 Å². The largest absolute Gasteiger partial charge is 0.392 e. The highest BCUT2D eigenvalue weighted by Crippen LogP contribution is 2.27. The van der Waals surface area contributed by atoms with Crippen molar-refractivity contribution in [2.45, 2.75) is 97.4 Å². The molecule has 5 bridgehead atoms. The van der Waals surface area contributed by atoms with Gasteiger partial charge in [-0.15, -0.1) is 0 Å². The number of hydrogen-bond donors (Lipinski definition) is 5. The van der Waals surface area contributed by atoms with Crippen molar-refractivity contribution in [1.82, 2.24) is 26.1 Å². The number of nitrogens with zero attached hydrogens (tertiary/aromatic N) is 2. The standard InChI is InChI=1S/C31H45N5O6/c1-17(2)26-27(38)32-18(3)28(39)36-15-7-8-24(35-36)29(40)42-19(4)23-12-11-22-10-9-21(16-25(22)33-23)13-14-31(6,20(5)37)30(41)34-26/h10-14,16-21,24,26,29,35,37,40H,7-9,15H2,1-6H3,(H,32,38)(H,34,41)/b14-13+/t18?,19-,20?,21?,24+,26?,29?,31?/m1/s1. The van der Waals surface area contributed by atoms with Gasteiger partial charge in [0.1, 0.15) is 12.1 Å². The number of carbonyl (C=O) groups is 3. The molecule has 5 N–H and O–H groups in total. The van der Waals surface area contributed by atoms with Gasteiger partial charge in [-0.1, -0.05) is 44.2 Å². The summed E-state index contributed by atoms with van der Waals surface area (Å²) in [6.45, 7) is 10.6. The molecule has 0 spiro atoms. The number of fused-ring (bicyclic) bond motifs is 4. The Morgan fingerprint density at radius 3 is 2.57 bits per heavy atom. The lowest BCUT2D eigenvalue weighted by molar-refractivity contribution is -0.172. The molecule has 4 rings (SSSR count). The molecule has 11 nitrogen and oxygen atoms in total. The molecule has 0 saturated carbocycles. The van der Waals surface area contributed by atoms with Crippen molar-refractivity contribution < 1.29 is 29.3 Å². The van der Waals surface area contributed by atoms with Gasteiger partial charge in [0.2, 0.25) is 11.8 Å². The van der Waals surface area contributed by atoms with E-state index >= 15 is 0 Å². The minimum atomic E-state index is -1.32. The number of hydrazine groups is 1. The Kier molecular flexibility index (Phi) is 9.87. The quantitative estimate of drug-likeness (QED) is 0.309. The number of amides is 3. The van der Waals surface area contributed by atoms with E-state index in [1.807, 2.05) is 31.2 Å². The van der Waals surface area contributed by atoms with Crippen molar-refractivity contribution >= 4 is 29.9 Å². The summed E-state index contributed by atoms with van der Waals surface area (Å²) in [5.74, 6) is -1.72. The third-order valence-electron chi connectivity index (χ3n) is 8.56. The van der Waals surface area contributed by atoms with Crippen LogP contribution in [0, 0.1) is 17.3 Å². The number of aliphatic hydroxyl groups is 2. The Hall–Kier alpha value is -3.12. The highest BCUT2D eigenvalue weighted by molar-refractivity contribution is 5.93. The lowest BCUT2D eigenvalue weighted by atomic mass is 9.81. The zero-order valence-corrected chi connectivity index (χ0v) is 25.3. The van der Waals surface area contributed by atoms with Crippen molar-refractivity contribution in [3.05, 3.63) is 40.5 Å². The third-order valence-corrected chi connectivity index (χ3v) is 8.56. The molecule has 3 amide bonds. The van der Waals surface area contributed by atoms with Crippen molar-refractivity contribution in [3.63, 3.8) is 0 Å². The van der Waals surface area contributed by atoms with Gasteiger partial charge in [0.15, 0.2) is 6.29 Å². The number of carbonyl (C=O) groups excluding carboxylic acids is 3. The highest BCUT2D eigenvalue weighted by atomic mass is 16.6. The SMILES string of the molecule is CC1NC(=O)C(C(C)C)NC(=O)C(C)(C(C)O)/C=C/C2C=c3nc(ccc3=CC2)[C@@H](C)OC(O)[C@@H]2CCCN(N2)C1=O. The summed E-state index contributed by atoms with van der Waals surface area (Å²) >= 11 is 0. The Morgan fingerprint density at radius 2 is 1.88 bits per heavy atom. The first-order valence-electron chi connectivity index (χ1n) is 14.9. The van der Waals surface area contributed by atoms with Crippen LogP contribution in [0.25, 0.3) is 12.2 Å². The van der Waals surface area contributed by atoms with Gasteiger partial charge >= 0.3 is 0 Å². The van der Waals surface area contributed by atoms with Crippen LogP contribution < -0.4 is 26.6 Å². The maximum absolute atomic E-state index is 13.6. The molecule has 0 aromatic carbocycles. The number of rotatable bonds is 2. The fraction of sp³-hybridized carbons (Fsp3) is 0.613. The van der Waals surface area contributed by atoms with Crippen molar-refractivity contribution in [3.8, 4) is 0 Å². The van der Waals surface area contributed by atoms with E-state index < -0.39 is 53.9 Å². The average Bonchev–Trinajstić information content (AvgIpc) is 2.96. The molecule has 1 saturated heterocycles. The van der Waals surface area contributed by atoms with Crippen LogP contribution in [0.4, 0.5) is 0 Å². The average molecular weight is 584 g/mol. The lowest BCUT2D eigenvalue weighted by Gasteiger charge is -2.38. The molecular formula is C31H45N5O6. The van der Waals surface area contributed by atoms with Crippen LogP contribution in [0.5, 0.6) is 0 Å². The van der Waals surface area contributed by atoms with E-state index in [2.05, 4.69) is 22.1 Å². The van der Waals surface area contributed by atoms with Crippen molar-refractivity contribution in [1.29, 1.82) is 0 Å². The minimum Gasteiger partial charge on any atom is -0.392 e. The van der Waals surface area contributed by atoms with Gasteiger partial charge in [0.05, 0.1) is 34.7 Å². The van der Waals surface area contributed by atoms with E-state index in [0.717, 1.165) is 10.6 Å². The van der Waals surface area contributed by atoms with Crippen LogP contribution in [0.15, 0.2) is 24.3 Å². The second kappa shape index (κ2) is 13.0. The smallest absolute Gasteiger partial charge is 0.258 e. The second-order valence-corrected chi connectivity index (χ2v) is 12.3. The molecule has 1 aromatic heterocycles. The van der Waals surface area contributed by atoms with Gasteiger partial charge in [-0.05, 0) is 64.2 Å². The normalized spacial score (nSPS) is 34.4. The Morgan fingerprint density at radius 1 is 1.14 bits per heavy atom. The molecule has 1 aliphatic carbocycles. The fourth-order valence-corrected chi connectivity index (χ4v) is 5.41. The summed E-state index contributed by atoms with van der Waals surface area (Å²) in [5.41, 5.74) is 2.40. The predicted molar refractivity (Wildman–Crippen MR) is 157 cm³/mol. The number of hydrogen-bond acceptors (Lipinski definition) is 8. The van der Waals surface area contributed by atoms with Gasteiger partial charge in [-0.2, -0.15) is 0 Å². The molecular weight excluding hydrogens is 538 g/mol. The molecule has 6 unspecified atom stereocenters. The summed E-state index contributed by atoms with van der Waals surface area (Å²) in [6, 6.07) is 1.48. The van der Waals surface area contributed by atoms with E-state index in [0.29, 0.717) is 31.5 Å². The van der Waals surface area contributed by atoms with E-state index in [9.17, 15) is 24.6 Å². The molecule has 2 aliphatic heterocycles. The van der Waals surface area contributed by atoms with Gasteiger partial charge < -0.3 is 25.6 Å². The molecule has 1 aromatic rings. The maximum atomic E-state index is 13.6. The zero-order chi connectivity index (χ0) is 30.8. The van der Waals surface area contributed by atoms with E-state index in [-0.39, 0.29) is 17.7 Å². The molecule has 230 valence electrons. The fourth-order valence-electron chi connectivity index (χ4n) is 5.41. The second-order valence-electron chi connectivity index (χ2n) is 12.3. The first-order valence-corrected chi connectivity index (χ1v) is 14.9. The summed E-state index contributed by atoms with van der Waals surface area (Å²) in [6.07, 6.45) is 6.84. The van der Waals surface area contributed by atoms with Crippen LogP contribution in [0.1, 0.15) is 72.6 Å². The van der Waals surface area contributed by atoms with E-state index in [1.54, 1.807) is 40.7 Å². The summed E-state index contributed by atoms with van der Waals surface area (Å²) in [5, 5.41) is 30.3. The topological polar surface area (TPSA) is 153 Å². The van der Waals surface area contributed by atoms with E-state index in [1.165, 1.54) is 5.01 Å². The number of nitrogens with one attached hydrogen (secondary N) is 3. The number of ether oxygens (including phenoxy) is 1. The number of pyridine rings is 1. The summed E-state index contributed by atoms with van der Waals surface area (Å²) in [4.78, 5) is 45.0. The van der Waals surface area contributed by atoms with Crippen LogP contribution in [-0.2, 0) is 19.1 Å². The molecule has 0 radical (unpaired) electrons. The number of aliphatic hydroxyl groups excluding tert-OH is 2.